The second kappa shape index (κ2) is 11.1. The van der Waals surface area contributed by atoms with Gasteiger partial charge in [0.15, 0.2) is 0 Å². The molecule has 0 radical (unpaired) electrons. The number of rotatable bonds is 11. The molecule has 0 saturated heterocycles. The second-order valence-electron chi connectivity index (χ2n) is 5.57. The maximum atomic E-state index is 12.4. The van der Waals surface area contributed by atoms with Crippen LogP contribution in [0, 0.1) is 16.0 Å². The number of non-ortho nitro benzene ring substituents is 1. The minimum atomic E-state index is -0.593. The molecule has 0 spiro atoms. The lowest BCUT2D eigenvalue weighted by Crippen LogP contribution is -2.41. The quantitative estimate of drug-likeness (QED) is 0.175. The zero-order valence-electron chi connectivity index (χ0n) is 14.6. The zero-order chi connectivity index (χ0) is 19.5. The van der Waals surface area contributed by atoms with Gasteiger partial charge in [-0.15, -0.1) is 0 Å². The predicted octanol–water partition coefficient (Wildman–Crippen LogP) is 1.24. The highest BCUT2D eigenvalue weighted by Crippen LogP contribution is 2.14. The lowest BCUT2D eigenvalue weighted by atomic mass is 10.0. The van der Waals surface area contributed by atoms with Gasteiger partial charge in [-0.05, 0) is 19.4 Å². The molecule has 0 aliphatic rings. The van der Waals surface area contributed by atoms with Crippen LogP contribution in [0.4, 0.5) is 5.69 Å². The number of hydroxylamine groups is 1. The molecule has 1 aromatic rings. The van der Waals surface area contributed by atoms with Gasteiger partial charge < -0.3 is 14.8 Å². The van der Waals surface area contributed by atoms with Crippen molar-refractivity contribution in [2.24, 2.45) is 5.92 Å². The molecule has 0 aliphatic carbocycles. The van der Waals surface area contributed by atoms with Crippen molar-refractivity contribution in [3.63, 3.8) is 0 Å². The van der Waals surface area contributed by atoms with Crippen LogP contribution in [0.2, 0.25) is 0 Å². The van der Waals surface area contributed by atoms with Gasteiger partial charge >= 0.3 is 0 Å². The Bertz CT molecular complexity index is 624. The lowest BCUT2D eigenvalue weighted by molar-refractivity contribution is -0.384. The van der Waals surface area contributed by atoms with Crippen molar-refractivity contribution in [1.29, 1.82) is 0 Å². The van der Waals surface area contributed by atoms with Gasteiger partial charge in [0.1, 0.15) is 6.79 Å². The fourth-order valence-electron chi connectivity index (χ4n) is 2.17. The number of nitro groups is 1. The van der Waals surface area contributed by atoms with E-state index in [0.717, 1.165) is 6.07 Å². The molecule has 0 aliphatic heterocycles. The van der Waals surface area contributed by atoms with E-state index in [0.29, 0.717) is 6.61 Å². The van der Waals surface area contributed by atoms with E-state index in [-0.39, 0.29) is 31.1 Å². The normalized spacial score (nSPS) is 12.9. The number of amides is 2. The standard InChI is InChI=1S/C16H23N3O7/c1-3-25-10-26-9-13(7-11(2)15(20)18-22)17-16(21)12-5-4-6-14(8-12)19(23)24/h4-6,8,11,13,22H,3,7,9-10H2,1-2H3,(H,17,21)(H,18,20). The molecule has 0 fully saturated rings. The molecule has 1 rings (SSSR count). The number of nitro benzene ring substituents is 1. The molecule has 0 aromatic heterocycles. The van der Waals surface area contributed by atoms with E-state index in [9.17, 15) is 19.7 Å². The number of benzene rings is 1. The van der Waals surface area contributed by atoms with E-state index >= 15 is 0 Å². The summed E-state index contributed by atoms with van der Waals surface area (Å²) >= 11 is 0. The zero-order valence-corrected chi connectivity index (χ0v) is 14.6. The SMILES string of the molecule is CCOCOCC(CC(C)C(=O)NO)NC(=O)c1cccc([N+](=O)[O-])c1. The van der Waals surface area contributed by atoms with Crippen LogP contribution < -0.4 is 10.8 Å². The number of hydrogen-bond acceptors (Lipinski definition) is 7. The van der Waals surface area contributed by atoms with E-state index in [2.05, 4.69) is 5.32 Å². The summed E-state index contributed by atoms with van der Waals surface area (Å²) in [4.78, 5) is 34.1. The Hall–Kier alpha value is -2.56. The molecule has 10 heteroatoms. The summed E-state index contributed by atoms with van der Waals surface area (Å²) in [6.07, 6.45) is 0.194. The molecule has 2 amide bonds. The van der Waals surface area contributed by atoms with Gasteiger partial charge in [-0.1, -0.05) is 13.0 Å². The number of hydrogen-bond donors (Lipinski definition) is 3. The van der Waals surface area contributed by atoms with Crippen LogP contribution in [-0.2, 0) is 14.3 Å². The highest BCUT2D eigenvalue weighted by molar-refractivity contribution is 5.95. The summed E-state index contributed by atoms with van der Waals surface area (Å²) in [7, 11) is 0. The van der Waals surface area contributed by atoms with Crippen molar-refractivity contribution in [2.75, 3.05) is 20.0 Å². The molecule has 0 heterocycles. The Balaban J connectivity index is 2.78. The summed E-state index contributed by atoms with van der Waals surface area (Å²) in [6.45, 7) is 3.96. The molecule has 0 bridgehead atoms. The van der Waals surface area contributed by atoms with Crippen LogP contribution in [0.1, 0.15) is 30.6 Å². The van der Waals surface area contributed by atoms with E-state index in [1.165, 1.54) is 18.2 Å². The Kier molecular flexibility index (Phi) is 9.20. The van der Waals surface area contributed by atoms with Crippen LogP contribution >= 0.6 is 0 Å². The van der Waals surface area contributed by atoms with Crippen LogP contribution in [0.15, 0.2) is 24.3 Å². The lowest BCUT2D eigenvalue weighted by Gasteiger charge is -2.21. The first-order valence-electron chi connectivity index (χ1n) is 8.03. The molecule has 26 heavy (non-hydrogen) atoms. The van der Waals surface area contributed by atoms with Crippen molar-refractivity contribution in [3.05, 3.63) is 39.9 Å². The van der Waals surface area contributed by atoms with Gasteiger partial charge in [-0.2, -0.15) is 0 Å². The number of carbonyl (C=O) groups excluding carboxylic acids is 2. The van der Waals surface area contributed by atoms with Gasteiger partial charge in [0.25, 0.3) is 11.6 Å². The number of carbonyl (C=O) groups is 2. The molecular formula is C16H23N3O7. The molecule has 3 N–H and O–H groups in total. The van der Waals surface area contributed by atoms with Gasteiger partial charge in [0, 0.05) is 30.2 Å². The van der Waals surface area contributed by atoms with Crippen LogP contribution in [0.25, 0.3) is 0 Å². The minimum absolute atomic E-state index is 0.0280. The van der Waals surface area contributed by atoms with E-state index in [1.54, 1.807) is 19.3 Å². The predicted molar refractivity (Wildman–Crippen MR) is 90.5 cm³/mol. The summed E-state index contributed by atoms with van der Waals surface area (Å²) in [5, 5.41) is 22.2. The van der Waals surface area contributed by atoms with Crippen molar-refractivity contribution >= 4 is 17.5 Å². The fraction of sp³-hybridized carbons (Fsp3) is 0.500. The van der Waals surface area contributed by atoms with Crippen molar-refractivity contribution in [3.8, 4) is 0 Å². The average molecular weight is 369 g/mol. The Morgan fingerprint density at radius 3 is 2.69 bits per heavy atom. The first-order valence-corrected chi connectivity index (χ1v) is 8.03. The van der Waals surface area contributed by atoms with Crippen LogP contribution in [-0.4, -0.2) is 48.0 Å². The number of nitrogens with zero attached hydrogens (tertiary/aromatic N) is 1. The number of nitrogens with one attached hydrogen (secondary N) is 2. The highest BCUT2D eigenvalue weighted by Gasteiger charge is 2.22. The van der Waals surface area contributed by atoms with Gasteiger partial charge in [-0.3, -0.25) is 24.9 Å². The first kappa shape index (κ1) is 21.5. The third-order valence-corrected chi connectivity index (χ3v) is 3.54. The highest BCUT2D eigenvalue weighted by atomic mass is 16.7. The first-order chi connectivity index (χ1) is 12.4. The van der Waals surface area contributed by atoms with Crippen LogP contribution in [0.5, 0.6) is 0 Å². The van der Waals surface area contributed by atoms with E-state index < -0.39 is 28.7 Å². The van der Waals surface area contributed by atoms with Gasteiger partial charge in [0.2, 0.25) is 5.91 Å². The van der Waals surface area contributed by atoms with Crippen molar-refractivity contribution in [1.82, 2.24) is 10.8 Å². The van der Waals surface area contributed by atoms with Crippen molar-refractivity contribution < 1.29 is 29.2 Å². The summed E-state index contributed by atoms with van der Waals surface area (Å²) in [5.41, 5.74) is 1.48. The number of ether oxygens (including phenoxy) is 2. The summed E-state index contributed by atoms with van der Waals surface area (Å²) < 4.78 is 10.4. The van der Waals surface area contributed by atoms with E-state index in [1.807, 2.05) is 0 Å². The summed E-state index contributed by atoms with van der Waals surface area (Å²) in [5.74, 6) is -1.72. The van der Waals surface area contributed by atoms with E-state index in [4.69, 9.17) is 14.7 Å². The third kappa shape index (κ3) is 7.13. The maximum absolute atomic E-state index is 12.4. The molecule has 2 atom stereocenters. The van der Waals surface area contributed by atoms with Gasteiger partial charge in [0.05, 0.1) is 17.6 Å². The fourth-order valence-corrected chi connectivity index (χ4v) is 2.17. The molecule has 0 saturated carbocycles. The topological polar surface area (TPSA) is 140 Å². The largest absolute Gasteiger partial charge is 0.356 e. The molecule has 2 unspecified atom stereocenters. The average Bonchev–Trinajstić information content (AvgIpc) is 2.64. The maximum Gasteiger partial charge on any atom is 0.270 e. The summed E-state index contributed by atoms with van der Waals surface area (Å²) in [6, 6.07) is 4.75. The third-order valence-electron chi connectivity index (χ3n) is 3.54. The monoisotopic (exact) mass is 369 g/mol. The van der Waals surface area contributed by atoms with Crippen molar-refractivity contribution in [2.45, 2.75) is 26.3 Å². The van der Waals surface area contributed by atoms with Crippen LogP contribution in [0.3, 0.4) is 0 Å². The smallest absolute Gasteiger partial charge is 0.270 e. The van der Waals surface area contributed by atoms with Gasteiger partial charge in [-0.25, -0.2) is 5.48 Å². The molecular weight excluding hydrogens is 346 g/mol. The Morgan fingerprint density at radius 2 is 2.08 bits per heavy atom. The Labute approximate surface area is 150 Å². The minimum Gasteiger partial charge on any atom is -0.356 e. The molecule has 1 aromatic carbocycles. The molecule has 10 nitrogen and oxygen atoms in total. The second-order valence-corrected chi connectivity index (χ2v) is 5.57. The molecule has 144 valence electrons. The Morgan fingerprint density at radius 1 is 1.35 bits per heavy atom.